The average molecular weight is 334 g/mol. The molecule has 0 fully saturated rings. The Hall–Kier alpha value is -2.08. The van der Waals surface area contributed by atoms with Crippen molar-refractivity contribution in [1.82, 2.24) is 4.98 Å². The van der Waals surface area contributed by atoms with Gasteiger partial charge in [0.15, 0.2) is 5.13 Å². The molecule has 1 aromatic heterocycles. The molecule has 1 heterocycles. The molecule has 1 N–H and O–H groups in total. The highest BCUT2D eigenvalue weighted by atomic mass is 32.1. The maximum Gasteiger partial charge on any atom is 0.305 e. The first-order chi connectivity index (χ1) is 11.2. The van der Waals surface area contributed by atoms with Gasteiger partial charge in [0.25, 0.3) is 0 Å². The Kier molecular flexibility index (Phi) is 6.87. The van der Waals surface area contributed by atoms with E-state index in [1.807, 2.05) is 29.6 Å². The first-order valence-electron chi connectivity index (χ1n) is 7.64. The normalized spacial score (nSPS) is 10.3. The number of para-hydroxylation sites is 1. The van der Waals surface area contributed by atoms with Crippen molar-refractivity contribution >= 4 is 22.4 Å². The number of carbonyl (C=O) groups is 1. The number of hydrogen-bond donors (Lipinski definition) is 1. The first-order valence-corrected chi connectivity index (χ1v) is 8.52. The van der Waals surface area contributed by atoms with Gasteiger partial charge in [-0.15, -0.1) is 11.3 Å². The quantitative estimate of drug-likeness (QED) is 0.555. The summed E-state index contributed by atoms with van der Waals surface area (Å²) in [7, 11) is 3.09. The van der Waals surface area contributed by atoms with Crippen LogP contribution < -0.4 is 10.1 Å². The van der Waals surface area contributed by atoms with Crippen LogP contribution in [0.3, 0.4) is 0 Å². The molecule has 0 bridgehead atoms. The predicted octanol–water partition coefficient (Wildman–Crippen LogP) is 3.96. The van der Waals surface area contributed by atoms with Gasteiger partial charge in [-0.05, 0) is 25.0 Å². The standard InChI is InChI=1S/C17H22N2O3S/c1-21-15-9-6-5-8-13(15)14-12-23-17(19-14)18-11-7-3-4-10-16(20)22-2/h5-6,8-9,12H,3-4,7,10-11H2,1-2H3,(H,18,19). The summed E-state index contributed by atoms with van der Waals surface area (Å²) in [4.78, 5) is 15.6. The zero-order valence-electron chi connectivity index (χ0n) is 13.5. The van der Waals surface area contributed by atoms with Crippen molar-refractivity contribution in [3.63, 3.8) is 0 Å². The van der Waals surface area contributed by atoms with Crippen molar-refractivity contribution in [2.45, 2.75) is 25.7 Å². The first kappa shape index (κ1) is 17.3. The second-order valence-corrected chi connectivity index (χ2v) is 5.91. The summed E-state index contributed by atoms with van der Waals surface area (Å²) in [6.07, 6.45) is 3.35. The van der Waals surface area contributed by atoms with Gasteiger partial charge in [0.05, 0.1) is 19.9 Å². The summed E-state index contributed by atoms with van der Waals surface area (Å²) in [6.45, 7) is 0.847. The molecule has 0 radical (unpaired) electrons. The second-order valence-electron chi connectivity index (χ2n) is 5.05. The van der Waals surface area contributed by atoms with E-state index in [0.29, 0.717) is 6.42 Å². The Balaban J connectivity index is 1.78. The molecule has 1 aromatic carbocycles. The highest BCUT2D eigenvalue weighted by Gasteiger charge is 2.09. The molecule has 0 aliphatic rings. The van der Waals surface area contributed by atoms with Crippen molar-refractivity contribution in [2.24, 2.45) is 0 Å². The molecule has 0 atom stereocenters. The summed E-state index contributed by atoms with van der Waals surface area (Å²) >= 11 is 1.58. The van der Waals surface area contributed by atoms with Gasteiger partial charge >= 0.3 is 5.97 Å². The van der Waals surface area contributed by atoms with Crippen LogP contribution >= 0.6 is 11.3 Å². The zero-order chi connectivity index (χ0) is 16.5. The molecule has 6 heteroatoms. The lowest BCUT2D eigenvalue weighted by molar-refractivity contribution is -0.140. The molecule has 0 saturated carbocycles. The second kappa shape index (κ2) is 9.15. The fraction of sp³-hybridized carbons (Fsp3) is 0.412. The van der Waals surface area contributed by atoms with E-state index in [0.717, 1.165) is 47.9 Å². The van der Waals surface area contributed by atoms with Crippen molar-refractivity contribution in [1.29, 1.82) is 0 Å². The number of anilines is 1. The monoisotopic (exact) mass is 334 g/mol. The van der Waals surface area contributed by atoms with E-state index >= 15 is 0 Å². The average Bonchev–Trinajstić information content (AvgIpc) is 3.06. The minimum absolute atomic E-state index is 0.140. The highest BCUT2D eigenvalue weighted by Crippen LogP contribution is 2.31. The van der Waals surface area contributed by atoms with Crippen LogP contribution in [0.5, 0.6) is 5.75 Å². The topological polar surface area (TPSA) is 60.5 Å². The van der Waals surface area contributed by atoms with Crippen LogP contribution in [0.2, 0.25) is 0 Å². The number of nitrogens with zero attached hydrogens (tertiary/aromatic N) is 1. The van der Waals surface area contributed by atoms with Gasteiger partial charge in [0.2, 0.25) is 0 Å². The smallest absolute Gasteiger partial charge is 0.305 e. The molecule has 2 aromatic rings. The van der Waals surface area contributed by atoms with Crippen molar-refractivity contribution < 1.29 is 14.3 Å². The van der Waals surface area contributed by atoms with E-state index in [-0.39, 0.29) is 5.97 Å². The molecule has 2 rings (SSSR count). The molecule has 0 spiro atoms. The molecule has 0 aliphatic heterocycles. The number of unbranched alkanes of at least 4 members (excludes halogenated alkanes) is 2. The third-order valence-electron chi connectivity index (χ3n) is 3.45. The van der Waals surface area contributed by atoms with Crippen LogP contribution in [-0.2, 0) is 9.53 Å². The summed E-state index contributed by atoms with van der Waals surface area (Å²) in [5.74, 6) is 0.687. The number of carbonyl (C=O) groups excluding carboxylic acids is 1. The summed E-state index contributed by atoms with van der Waals surface area (Å²) in [5.41, 5.74) is 1.91. The largest absolute Gasteiger partial charge is 0.496 e. The molecule has 124 valence electrons. The SMILES string of the molecule is COC(=O)CCCCCNc1nc(-c2ccccc2OC)cs1. The Morgan fingerprint density at radius 2 is 2.04 bits per heavy atom. The molecule has 23 heavy (non-hydrogen) atoms. The van der Waals surface area contributed by atoms with E-state index in [1.165, 1.54) is 7.11 Å². The zero-order valence-corrected chi connectivity index (χ0v) is 14.3. The highest BCUT2D eigenvalue weighted by molar-refractivity contribution is 7.14. The Bertz CT molecular complexity index is 628. The van der Waals surface area contributed by atoms with Gasteiger partial charge < -0.3 is 14.8 Å². The van der Waals surface area contributed by atoms with Crippen molar-refractivity contribution in [3.8, 4) is 17.0 Å². The number of esters is 1. The van der Waals surface area contributed by atoms with Gasteiger partial charge in [-0.1, -0.05) is 18.6 Å². The van der Waals surface area contributed by atoms with Crippen LogP contribution in [0.15, 0.2) is 29.6 Å². The van der Waals surface area contributed by atoms with Crippen LogP contribution in [0.25, 0.3) is 11.3 Å². The summed E-state index contributed by atoms with van der Waals surface area (Å²) < 4.78 is 9.99. The van der Waals surface area contributed by atoms with E-state index in [2.05, 4.69) is 15.0 Å². The fourth-order valence-electron chi connectivity index (χ4n) is 2.20. The number of ether oxygens (including phenoxy) is 2. The van der Waals surface area contributed by atoms with E-state index < -0.39 is 0 Å². The van der Waals surface area contributed by atoms with Gasteiger partial charge in [-0.25, -0.2) is 4.98 Å². The minimum atomic E-state index is -0.140. The minimum Gasteiger partial charge on any atom is -0.496 e. The van der Waals surface area contributed by atoms with Crippen LogP contribution in [0.1, 0.15) is 25.7 Å². The molecule has 0 aliphatic carbocycles. The lowest BCUT2D eigenvalue weighted by Crippen LogP contribution is -2.03. The molecule has 0 saturated heterocycles. The lowest BCUT2D eigenvalue weighted by Gasteiger charge is -2.05. The number of hydrogen-bond acceptors (Lipinski definition) is 6. The summed E-state index contributed by atoms with van der Waals surface area (Å²) in [6, 6.07) is 7.86. The van der Waals surface area contributed by atoms with E-state index in [1.54, 1.807) is 18.4 Å². The van der Waals surface area contributed by atoms with Crippen molar-refractivity contribution in [2.75, 3.05) is 26.1 Å². The number of benzene rings is 1. The van der Waals surface area contributed by atoms with E-state index in [4.69, 9.17) is 4.74 Å². The Labute approximate surface area is 140 Å². The summed E-state index contributed by atoms with van der Waals surface area (Å²) in [5, 5.41) is 6.25. The number of nitrogens with one attached hydrogen (secondary N) is 1. The van der Waals surface area contributed by atoms with Crippen molar-refractivity contribution in [3.05, 3.63) is 29.6 Å². The van der Waals surface area contributed by atoms with Crippen LogP contribution in [0.4, 0.5) is 5.13 Å². The number of thiazole rings is 1. The van der Waals surface area contributed by atoms with Gasteiger partial charge in [0.1, 0.15) is 5.75 Å². The molecule has 0 amide bonds. The third kappa shape index (κ3) is 5.25. The molecular formula is C17H22N2O3S. The van der Waals surface area contributed by atoms with E-state index in [9.17, 15) is 4.79 Å². The van der Waals surface area contributed by atoms with Crippen LogP contribution in [-0.4, -0.2) is 31.7 Å². The number of methoxy groups -OCH3 is 2. The predicted molar refractivity (Wildman–Crippen MR) is 93.1 cm³/mol. The van der Waals surface area contributed by atoms with Gasteiger partial charge in [0, 0.05) is 23.9 Å². The molecule has 0 unspecified atom stereocenters. The maximum absolute atomic E-state index is 11.0. The number of rotatable bonds is 9. The molecular weight excluding hydrogens is 312 g/mol. The van der Waals surface area contributed by atoms with Gasteiger partial charge in [-0.3, -0.25) is 4.79 Å². The maximum atomic E-state index is 11.0. The van der Waals surface area contributed by atoms with Gasteiger partial charge in [-0.2, -0.15) is 0 Å². The van der Waals surface area contributed by atoms with Crippen LogP contribution in [0, 0.1) is 0 Å². The third-order valence-corrected chi connectivity index (χ3v) is 4.25. The Morgan fingerprint density at radius 1 is 1.22 bits per heavy atom. The number of aromatic nitrogens is 1. The lowest BCUT2D eigenvalue weighted by atomic mass is 10.1. The Morgan fingerprint density at radius 3 is 2.83 bits per heavy atom. The molecule has 5 nitrogen and oxygen atoms in total. The fourth-order valence-corrected chi connectivity index (χ4v) is 2.94.